The number of halogens is 1. The molecule has 0 aliphatic carbocycles. The number of rotatable bonds is 4. The van der Waals surface area contributed by atoms with Gasteiger partial charge in [0.1, 0.15) is 11.6 Å². The lowest BCUT2D eigenvalue weighted by Gasteiger charge is -2.08. The van der Waals surface area contributed by atoms with Crippen LogP contribution in [0.4, 0.5) is 5.13 Å². The zero-order chi connectivity index (χ0) is 15.2. The standard InChI is InChI=1S/C16H20N4OS.BrH/c1-21-13-8-6-12(7-9-13)14-11-22-16(18-14)20-19-15-5-3-2-4-10-17-15;/h6-9,11H,2-5,10H2,1H3,(H,17,19)(H,18,20);1H. The smallest absolute Gasteiger partial charge is 0.202 e. The Morgan fingerprint density at radius 1 is 1.09 bits per heavy atom. The van der Waals surface area contributed by atoms with Crippen molar-refractivity contribution < 1.29 is 4.74 Å². The molecule has 2 N–H and O–H groups in total. The number of thiazole rings is 1. The molecule has 0 spiro atoms. The summed E-state index contributed by atoms with van der Waals surface area (Å²) in [5, 5.41) is 2.89. The van der Waals surface area contributed by atoms with Crippen LogP contribution in [0, 0.1) is 0 Å². The number of nitrogens with one attached hydrogen (secondary N) is 2. The quantitative estimate of drug-likeness (QED) is 0.756. The molecule has 1 aromatic carbocycles. The molecule has 0 bridgehead atoms. The topological polar surface area (TPSA) is 58.5 Å². The number of aliphatic imine (C=N–C) groups is 1. The van der Waals surface area contributed by atoms with E-state index in [1.165, 1.54) is 19.3 Å². The van der Waals surface area contributed by atoms with Gasteiger partial charge >= 0.3 is 0 Å². The minimum absolute atomic E-state index is 0. The molecule has 0 saturated carbocycles. The van der Waals surface area contributed by atoms with Crippen LogP contribution in [0.5, 0.6) is 5.75 Å². The fourth-order valence-corrected chi connectivity index (χ4v) is 3.00. The second-order valence-corrected chi connectivity index (χ2v) is 6.01. The Balaban J connectivity index is 0.00000192. The van der Waals surface area contributed by atoms with Crippen LogP contribution >= 0.6 is 28.3 Å². The molecule has 0 saturated heterocycles. The Labute approximate surface area is 150 Å². The Kier molecular flexibility index (Phi) is 6.85. The van der Waals surface area contributed by atoms with Gasteiger partial charge in [0.2, 0.25) is 5.13 Å². The van der Waals surface area contributed by atoms with Crippen molar-refractivity contribution in [2.75, 3.05) is 19.1 Å². The van der Waals surface area contributed by atoms with E-state index in [1.807, 2.05) is 29.6 Å². The van der Waals surface area contributed by atoms with Gasteiger partial charge in [-0.05, 0) is 37.1 Å². The van der Waals surface area contributed by atoms with Crippen LogP contribution in [-0.2, 0) is 0 Å². The maximum absolute atomic E-state index is 5.17. The number of benzene rings is 1. The van der Waals surface area contributed by atoms with E-state index in [1.54, 1.807) is 18.4 Å². The summed E-state index contributed by atoms with van der Waals surface area (Å²) in [4.78, 5) is 9.12. The van der Waals surface area contributed by atoms with Gasteiger partial charge in [0, 0.05) is 23.9 Å². The van der Waals surface area contributed by atoms with Gasteiger partial charge in [0.05, 0.1) is 12.8 Å². The van der Waals surface area contributed by atoms with E-state index in [-0.39, 0.29) is 17.0 Å². The Morgan fingerprint density at radius 3 is 2.70 bits per heavy atom. The van der Waals surface area contributed by atoms with E-state index >= 15 is 0 Å². The molecular formula is C16H21BrN4OS. The molecule has 0 amide bonds. The molecule has 1 aliphatic heterocycles. The first-order chi connectivity index (χ1) is 10.8. The van der Waals surface area contributed by atoms with E-state index in [9.17, 15) is 0 Å². The fourth-order valence-electron chi connectivity index (χ4n) is 2.33. The second kappa shape index (κ2) is 8.88. The Bertz CT molecular complexity index is 642. The van der Waals surface area contributed by atoms with Crippen molar-refractivity contribution in [1.82, 2.24) is 10.4 Å². The van der Waals surface area contributed by atoms with Crippen molar-refractivity contribution in [1.29, 1.82) is 0 Å². The number of methoxy groups -OCH3 is 1. The molecular weight excluding hydrogens is 376 g/mol. The predicted octanol–water partition coefficient (Wildman–Crippen LogP) is 4.29. The van der Waals surface area contributed by atoms with Crippen LogP contribution in [0.3, 0.4) is 0 Å². The zero-order valence-electron chi connectivity index (χ0n) is 13.0. The maximum Gasteiger partial charge on any atom is 0.202 e. The molecule has 1 aromatic heterocycles. The van der Waals surface area contributed by atoms with Crippen LogP contribution in [0.2, 0.25) is 0 Å². The summed E-state index contributed by atoms with van der Waals surface area (Å²) >= 11 is 1.58. The van der Waals surface area contributed by atoms with Crippen LogP contribution in [0.15, 0.2) is 34.6 Å². The summed E-state index contributed by atoms with van der Waals surface area (Å²) in [5.74, 6) is 1.88. The summed E-state index contributed by atoms with van der Waals surface area (Å²) in [6, 6.07) is 7.92. The lowest BCUT2D eigenvalue weighted by Crippen LogP contribution is -2.29. The maximum atomic E-state index is 5.17. The molecule has 23 heavy (non-hydrogen) atoms. The van der Waals surface area contributed by atoms with E-state index in [2.05, 4.69) is 20.8 Å². The summed E-state index contributed by atoms with van der Waals surface area (Å²) in [5.41, 5.74) is 8.38. The summed E-state index contributed by atoms with van der Waals surface area (Å²) in [6.45, 7) is 0.916. The lowest BCUT2D eigenvalue weighted by atomic mass is 10.2. The van der Waals surface area contributed by atoms with Gasteiger partial charge in [-0.25, -0.2) is 4.98 Å². The molecule has 7 heteroatoms. The molecule has 2 heterocycles. The largest absolute Gasteiger partial charge is 0.497 e. The van der Waals surface area contributed by atoms with Gasteiger partial charge in [-0.3, -0.25) is 15.8 Å². The molecule has 0 atom stereocenters. The summed E-state index contributed by atoms with van der Waals surface area (Å²) in [7, 11) is 1.67. The first kappa shape index (κ1) is 17.7. The molecule has 5 nitrogen and oxygen atoms in total. The average Bonchev–Trinajstić information content (AvgIpc) is 2.88. The van der Waals surface area contributed by atoms with Gasteiger partial charge in [-0.15, -0.1) is 28.3 Å². The minimum Gasteiger partial charge on any atom is -0.497 e. The molecule has 1 aliphatic rings. The van der Waals surface area contributed by atoms with E-state index in [0.29, 0.717) is 0 Å². The number of hydrogen-bond acceptors (Lipinski definition) is 6. The Morgan fingerprint density at radius 2 is 1.91 bits per heavy atom. The highest BCUT2D eigenvalue weighted by molar-refractivity contribution is 8.93. The molecule has 3 rings (SSSR count). The van der Waals surface area contributed by atoms with Gasteiger partial charge in [0.15, 0.2) is 0 Å². The highest BCUT2D eigenvalue weighted by Crippen LogP contribution is 2.26. The van der Waals surface area contributed by atoms with Crippen molar-refractivity contribution in [2.24, 2.45) is 4.99 Å². The van der Waals surface area contributed by atoms with Crippen molar-refractivity contribution >= 4 is 39.3 Å². The van der Waals surface area contributed by atoms with Crippen molar-refractivity contribution in [3.63, 3.8) is 0 Å². The molecule has 0 unspecified atom stereocenters. The van der Waals surface area contributed by atoms with Crippen molar-refractivity contribution in [3.8, 4) is 17.0 Å². The average molecular weight is 397 g/mol. The van der Waals surface area contributed by atoms with Crippen LogP contribution in [0.25, 0.3) is 11.3 Å². The van der Waals surface area contributed by atoms with Gasteiger partial charge in [-0.2, -0.15) is 0 Å². The summed E-state index contributed by atoms with van der Waals surface area (Å²) in [6.07, 6.45) is 4.64. The number of ether oxygens (including phenoxy) is 1. The van der Waals surface area contributed by atoms with Gasteiger partial charge < -0.3 is 4.74 Å². The monoisotopic (exact) mass is 396 g/mol. The third kappa shape index (κ3) is 4.94. The molecule has 0 radical (unpaired) electrons. The first-order valence-electron chi connectivity index (χ1n) is 7.50. The molecule has 124 valence electrons. The SMILES string of the molecule is Br.COc1ccc(-c2csc(NNC3=NCCCCC3)n2)cc1. The number of amidine groups is 1. The van der Waals surface area contributed by atoms with E-state index in [0.717, 1.165) is 40.9 Å². The van der Waals surface area contributed by atoms with Crippen molar-refractivity contribution in [3.05, 3.63) is 29.6 Å². The van der Waals surface area contributed by atoms with Gasteiger partial charge in [0.25, 0.3) is 0 Å². The number of nitrogens with zero attached hydrogens (tertiary/aromatic N) is 2. The lowest BCUT2D eigenvalue weighted by molar-refractivity contribution is 0.415. The molecule has 2 aromatic rings. The minimum atomic E-state index is 0. The number of aromatic nitrogens is 1. The Hall–Kier alpha value is -1.60. The molecule has 0 fully saturated rings. The number of hydrogen-bond donors (Lipinski definition) is 2. The third-order valence-corrected chi connectivity index (χ3v) is 4.34. The van der Waals surface area contributed by atoms with E-state index in [4.69, 9.17) is 4.74 Å². The fraction of sp³-hybridized carbons (Fsp3) is 0.375. The second-order valence-electron chi connectivity index (χ2n) is 5.16. The van der Waals surface area contributed by atoms with Gasteiger partial charge in [-0.1, -0.05) is 6.42 Å². The number of hydrazine groups is 1. The van der Waals surface area contributed by atoms with Crippen LogP contribution in [0.1, 0.15) is 25.7 Å². The highest BCUT2D eigenvalue weighted by atomic mass is 79.9. The normalized spacial score (nSPS) is 14.2. The van der Waals surface area contributed by atoms with Crippen LogP contribution < -0.4 is 15.6 Å². The first-order valence-corrected chi connectivity index (χ1v) is 8.38. The summed E-state index contributed by atoms with van der Waals surface area (Å²) < 4.78 is 5.17. The van der Waals surface area contributed by atoms with E-state index < -0.39 is 0 Å². The third-order valence-electron chi connectivity index (χ3n) is 3.58. The number of anilines is 1. The zero-order valence-corrected chi connectivity index (χ0v) is 15.6. The van der Waals surface area contributed by atoms with Crippen molar-refractivity contribution in [2.45, 2.75) is 25.7 Å². The predicted molar refractivity (Wildman–Crippen MR) is 102 cm³/mol. The highest BCUT2D eigenvalue weighted by Gasteiger charge is 2.07. The van der Waals surface area contributed by atoms with Crippen LogP contribution in [-0.4, -0.2) is 24.5 Å².